The van der Waals surface area contributed by atoms with Gasteiger partial charge < -0.3 is 19.8 Å². The van der Waals surface area contributed by atoms with E-state index in [9.17, 15) is 9.59 Å². The van der Waals surface area contributed by atoms with Gasteiger partial charge in [0.1, 0.15) is 0 Å². The highest BCUT2D eigenvalue weighted by atomic mass is 16.2. The molecular formula is C17H22N6O2. The van der Waals surface area contributed by atoms with Crippen molar-refractivity contribution in [3.63, 3.8) is 0 Å². The van der Waals surface area contributed by atoms with E-state index in [2.05, 4.69) is 15.3 Å². The Hall–Kier alpha value is -3.03. The maximum Gasteiger partial charge on any atom is 0.326 e. The zero-order valence-electron chi connectivity index (χ0n) is 14.8. The van der Waals surface area contributed by atoms with E-state index < -0.39 is 0 Å². The molecule has 2 N–H and O–H groups in total. The number of nitrogens with one attached hydrogen (secondary N) is 2. The number of anilines is 1. The number of carbonyl (C=O) groups is 1. The Bertz CT molecular complexity index is 979. The zero-order valence-corrected chi connectivity index (χ0v) is 14.8. The van der Waals surface area contributed by atoms with Crippen molar-refractivity contribution in [2.75, 3.05) is 19.0 Å². The Kier molecular flexibility index (Phi) is 4.35. The van der Waals surface area contributed by atoms with Crippen LogP contribution in [0, 0.1) is 0 Å². The first-order chi connectivity index (χ1) is 11.9. The number of aromatic amines is 1. The molecule has 25 heavy (non-hydrogen) atoms. The minimum atomic E-state index is -0.189. The molecule has 2 aromatic heterocycles. The van der Waals surface area contributed by atoms with Gasteiger partial charge in [-0.25, -0.2) is 9.78 Å². The van der Waals surface area contributed by atoms with Crippen LogP contribution in [0.3, 0.4) is 0 Å². The summed E-state index contributed by atoms with van der Waals surface area (Å²) >= 11 is 0. The molecule has 3 aromatic rings. The third-order valence-electron chi connectivity index (χ3n) is 4.24. The van der Waals surface area contributed by atoms with Gasteiger partial charge >= 0.3 is 5.69 Å². The molecular weight excluding hydrogens is 320 g/mol. The quantitative estimate of drug-likeness (QED) is 0.726. The van der Waals surface area contributed by atoms with Crippen molar-refractivity contribution in [1.29, 1.82) is 0 Å². The Morgan fingerprint density at radius 3 is 2.76 bits per heavy atom. The number of nitrogens with zero attached hydrogens (tertiary/aromatic N) is 4. The van der Waals surface area contributed by atoms with Gasteiger partial charge in [-0.3, -0.25) is 9.36 Å². The molecule has 0 saturated carbocycles. The van der Waals surface area contributed by atoms with Crippen molar-refractivity contribution >= 4 is 22.9 Å². The minimum absolute atomic E-state index is 0.166. The number of aromatic nitrogens is 4. The molecule has 0 radical (unpaired) electrons. The van der Waals surface area contributed by atoms with Gasteiger partial charge in [-0.05, 0) is 25.1 Å². The topological polar surface area (TPSA) is 87.9 Å². The molecule has 0 spiro atoms. The minimum Gasteiger partial charge on any atom is -0.348 e. The molecule has 0 saturated heterocycles. The van der Waals surface area contributed by atoms with Gasteiger partial charge in [0.2, 0.25) is 5.95 Å². The van der Waals surface area contributed by atoms with Gasteiger partial charge in [0.15, 0.2) is 0 Å². The lowest BCUT2D eigenvalue weighted by atomic mass is 10.2. The van der Waals surface area contributed by atoms with Crippen LogP contribution in [0.5, 0.6) is 0 Å². The van der Waals surface area contributed by atoms with Gasteiger partial charge in [-0.2, -0.15) is 0 Å². The average Bonchev–Trinajstić information content (AvgIpc) is 3.10. The summed E-state index contributed by atoms with van der Waals surface area (Å²) in [6.45, 7) is 2.82. The first kappa shape index (κ1) is 16.8. The number of hydrogen-bond acceptors (Lipinski definition) is 4. The first-order valence-corrected chi connectivity index (χ1v) is 8.11. The summed E-state index contributed by atoms with van der Waals surface area (Å²) in [6, 6.07) is 5.20. The molecule has 0 fully saturated rings. The Morgan fingerprint density at radius 2 is 2.12 bits per heavy atom. The van der Waals surface area contributed by atoms with Gasteiger partial charge in [0.25, 0.3) is 5.91 Å². The van der Waals surface area contributed by atoms with Crippen molar-refractivity contribution in [3.8, 4) is 0 Å². The second-order valence-corrected chi connectivity index (χ2v) is 6.09. The van der Waals surface area contributed by atoms with E-state index in [1.807, 2.05) is 37.5 Å². The number of rotatable bonds is 5. The molecule has 1 aromatic carbocycles. The second-order valence-electron chi connectivity index (χ2n) is 6.09. The highest BCUT2D eigenvalue weighted by molar-refractivity contribution is 5.97. The standard InChI is InChI=1S/C17H22N6O2/c1-5-23-14-8-11(6-7-13(14)20-17(23)25)15(24)18-9-12-10-19-16(21(2)3)22(12)4/h6-8,10H,5,9H2,1-4H3,(H,18,24)(H,20,25). The lowest BCUT2D eigenvalue weighted by molar-refractivity contribution is 0.0950. The summed E-state index contributed by atoms with van der Waals surface area (Å²) in [7, 11) is 5.75. The molecule has 8 heteroatoms. The smallest absolute Gasteiger partial charge is 0.326 e. The van der Waals surface area contributed by atoms with E-state index in [4.69, 9.17) is 0 Å². The lowest BCUT2D eigenvalue weighted by Crippen LogP contribution is -2.24. The number of H-pyrrole nitrogens is 1. The van der Waals surface area contributed by atoms with Crippen molar-refractivity contribution in [2.45, 2.75) is 20.0 Å². The Morgan fingerprint density at radius 1 is 1.36 bits per heavy atom. The highest BCUT2D eigenvalue weighted by Crippen LogP contribution is 2.14. The summed E-state index contributed by atoms with van der Waals surface area (Å²) in [5.74, 6) is 0.635. The van der Waals surface area contributed by atoms with Crippen LogP contribution < -0.4 is 15.9 Å². The molecule has 8 nitrogen and oxygen atoms in total. The predicted molar refractivity (Wildman–Crippen MR) is 96.9 cm³/mol. The van der Waals surface area contributed by atoms with Gasteiger partial charge in [0.05, 0.1) is 29.5 Å². The third-order valence-corrected chi connectivity index (χ3v) is 4.24. The van der Waals surface area contributed by atoms with E-state index in [0.29, 0.717) is 18.7 Å². The van der Waals surface area contributed by atoms with Crippen LogP contribution >= 0.6 is 0 Å². The third kappa shape index (κ3) is 3.02. The number of hydrogen-bond donors (Lipinski definition) is 2. The fourth-order valence-electron chi connectivity index (χ4n) is 2.89. The van der Waals surface area contributed by atoms with Crippen molar-refractivity contribution in [3.05, 3.63) is 46.1 Å². The van der Waals surface area contributed by atoms with Gasteiger partial charge in [-0.15, -0.1) is 0 Å². The molecule has 0 aliphatic carbocycles. The molecule has 0 aliphatic rings. The Labute approximate surface area is 145 Å². The number of imidazole rings is 2. The first-order valence-electron chi connectivity index (χ1n) is 8.11. The number of carbonyl (C=O) groups excluding carboxylic acids is 1. The zero-order chi connectivity index (χ0) is 18.1. The van der Waals surface area contributed by atoms with Crippen LogP contribution in [0.15, 0.2) is 29.2 Å². The normalized spacial score (nSPS) is 11.0. The number of amides is 1. The maximum absolute atomic E-state index is 12.5. The molecule has 132 valence electrons. The highest BCUT2D eigenvalue weighted by Gasteiger charge is 2.12. The summed E-state index contributed by atoms with van der Waals surface area (Å²) < 4.78 is 3.54. The van der Waals surface area contributed by atoms with E-state index in [-0.39, 0.29) is 11.6 Å². The summed E-state index contributed by atoms with van der Waals surface area (Å²) in [6.07, 6.45) is 1.75. The Balaban J connectivity index is 1.79. The molecule has 0 unspecified atom stereocenters. The number of benzene rings is 1. The molecule has 0 atom stereocenters. The molecule has 0 bridgehead atoms. The number of fused-ring (bicyclic) bond motifs is 1. The molecule has 2 heterocycles. The molecule has 0 aliphatic heterocycles. The van der Waals surface area contributed by atoms with Crippen LogP contribution in [-0.4, -0.2) is 39.1 Å². The maximum atomic E-state index is 12.5. The van der Waals surface area contributed by atoms with E-state index in [0.717, 1.165) is 22.7 Å². The van der Waals surface area contributed by atoms with E-state index in [1.54, 1.807) is 29.0 Å². The SMILES string of the molecule is CCn1c(=O)[nH]c2ccc(C(=O)NCc3cnc(N(C)C)n3C)cc21. The van der Waals surface area contributed by atoms with Crippen molar-refractivity contribution < 1.29 is 4.79 Å². The van der Waals surface area contributed by atoms with Crippen LogP contribution in [0.1, 0.15) is 23.0 Å². The van der Waals surface area contributed by atoms with Crippen LogP contribution in [0.2, 0.25) is 0 Å². The predicted octanol–water partition coefficient (Wildman–Crippen LogP) is 1.08. The fraction of sp³-hybridized carbons (Fsp3) is 0.353. The summed E-state index contributed by atoms with van der Waals surface area (Å²) in [5.41, 5.74) is 2.72. The molecule has 1 amide bonds. The van der Waals surface area contributed by atoms with Crippen molar-refractivity contribution in [1.82, 2.24) is 24.4 Å². The van der Waals surface area contributed by atoms with Gasteiger partial charge in [0, 0.05) is 33.3 Å². The van der Waals surface area contributed by atoms with Crippen LogP contribution in [-0.2, 0) is 20.1 Å². The second kappa shape index (κ2) is 6.46. The van der Waals surface area contributed by atoms with E-state index in [1.165, 1.54) is 0 Å². The largest absolute Gasteiger partial charge is 0.348 e. The van der Waals surface area contributed by atoms with Crippen LogP contribution in [0.25, 0.3) is 11.0 Å². The lowest BCUT2D eigenvalue weighted by Gasteiger charge is -2.13. The monoisotopic (exact) mass is 342 g/mol. The summed E-state index contributed by atoms with van der Waals surface area (Å²) in [5, 5.41) is 2.90. The van der Waals surface area contributed by atoms with Crippen LogP contribution in [0.4, 0.5) is 5.95 Å². The van der Waals surface area contributed by atoms with E-state index >= 15 is 0 Å². The average molecular weight is 342 g/mol. The fourth-order valence-corrected chi connectivity index (χ4v) is 2.89. The van der Waals surface area contributed by atoms with Gasteiger partial charge in [-0.1, -0.05) is 0 Å². The summed E-state index contributed by atoms with van der Waals surface area (Å²) in [4.78, 5) is 33.3. The van der Waals surface area contributed by atoms with Crippen molar-refractivity contribution in [2.24, 2.45) is 7.05 Å². The molecule has 3 rings (SSSR count). The number of aryl methyl sites for hydroxylation is 1.